The number of nitrogens with two attached hydrogens (primary N) is 1. The van der Waals surface area contributed by atoms with Crippen molar-refractivity contribution in [2.75, 3.05) is 24.2 Å². The molecule has 4 N–H and O–H groups in total. The molecule has 1 aromatic heterocycles. The number of aromatic nitrogens is 1. The highest BCUT2D eigenvalue weighted by Gasteiger charge is 2.19. The van der Waals surface area contributed by atoms with Crippen LogP contribution in [0.1, 0.15) is 12.0 Å². The van der Waals surface area contributed by atoms with Crippen molar-refractivity contribution >= 4 is 34.3 Å². The van der Waals surface area contributed by atoms with Crippen molar-refractivity contribution in [3.05, 3.63) is 29.8 Å². The molecule has 0 unspecified atom stereocenters. The van der Waals surface area contributed by atoms with E-state index in [9.17, 15) is 0 Å². The fraction of sp³-hybridized carbons (Fsp3) is 0.267. The largest absolute Gasteiger partial charge is 0.473 e. The molecule has 1 aliphatic heterocycles. The number of anilines is 2. The molecular weight excluding hydrogens is 286 g/mol. The summed E-state index contributed by atoms with van der Waals surface area (Å²) in [7, 11) is 2.08. The number of para-hydroxylation sites is 1. The van der Waals surface area contributed by atoms with Crippen LogP contribution in [0.4, 0.5) is 11.5 Å². The van der Waals surface area contributed by atoms with Crippen LogP contribution in [0.5, 0.6) is 0 Å². The monoisotopic (exact) mass is 303 g/mol. The number of aliphatic carboxylic acids is 2. The third kappa shape index (κ3) is 3.08. The highest BCUT2D eigenvalue weighted by Crippen LogP contribution is 2.33. The number of carbonyl (C=O) groups is 2. The molecule has 7 heteroatoms. The molecule has 0 radical (unpaired) electrons. The molecular formula is C15H17N3O4. The first-order valence-corrected chi connectivity index (χ1v) is 6.76. The van der Waals surface area contributed by atoms with Gasteiger partial charge in [0.15, 0.2) is 0 Å². The fourth-order valence-corrected chi connectivity index (χ4v) is 2.42. The topological polar surface area (TPSA) is 117 Å². The van der Waals surface area contributed by atoms with Crippen LogP contribution < -0.4 is 10.6 Å². The lowest BCUT2D eigenvalue weighted by atomic mass is 10.0. The van der Waals surface area contributed by atoms with Gasteiger partial charge in [0.25, 0.3) is 0 Å². The van der Waals surface area contributed by atoms with Crippen LogP contribution in [0.25, 0.3) is 10.9 Å². The summed E-state index contributed by atoms with van der Waals surface area (Å²) in [5, 5.41) is 15.9. The maximum Gasteiger partial charge on any atom is 0.414 e. The van der Waals surface area contributed by atoms with E-state index in [1.54, 1.807) is 0 Å². The Morgan fingerprint density at radius 2 is 1.86 bits per heavy atom. The van der Waals surface area contributed by atoms with E-state index in [-0.39, 0.29) is 0 Å². The van der Waals surface area contributed by atoms with E-state index in [2.05, 4.69) is 11.9 Å². The number of rotatable bonds is 0. The van der Waals surface area contributed by atoms with Gasteiger partial charge in [-0.3, -0.25) is 0 Å². The summed E-state index contributed by atoms with van der Waals surface area (Å²) in [4.78, 5) is 25.1. The Balaban J connectivity index is 0.000000254. The summed E-state index contributed by atoms with van der Waals surface area (Å²) in [5.41, 5.74) is 9.35. The zero-order valence-electron chi connectivity index (χ0n) is 12.1. The maximum atomic E-state index is 9.10. The van der Waals surface area contributed by atoms with Gasteiger partial charge in [0.1, 0.15) is 5.82 Å². The lowest BCUT2D eigenvalue weighted by Crippen LogP contribution is -2.26. The summed E-state index contributed by atoms with van der Waals surface area (Å²) in [5.74, 6) is -2.59. The van der Waals surface area contributed by atoms with Gasteiger partial charge in [0.2, 0.25) is 0 Å². The van der Waals surface area contributed by atoms with Crippen LogP contribution in [0.2, 0.25) is 0 Å². The van der Waals surface area contributed by atoms with Gasteiger partial charge in [-0.1, -0.05) is 18.2 Å². The van der Waals surface area contributed by atoms with Crippen molar-refractivity contribution in [1.29, 1.82) is 0 Å². The predicted molar refractivity (Wildman–Crippen MR) is 83.0 cm³/mol. The molecule has 0 saturated carbocycles. The van der Waals surface area contributed by atoms with Gasteiger partial charge in [-0.25, -0.2) is 14.6 Å². The Morgan fingerprint density at radius 1 is 1.23 bits per heavy atom. The molecule has 2 heterocycles. The molecule has 3 rings (SSSR count). The highest BCUT2D eigenvalue weighted by atomic mass is 16.4. The molecule has 2 aromatic rings. The first kappa shape index (κ1) is 15.6. The molecule has 1 aromatic carbocycles. The molecule has 0 aliphatic carbocycles. The van der Waals surface area contributed by atoms with Crippen LogP contribution in [-0.2, 0) is 16.0 Å². The zero-order valence-corrected chi connectivity index (χ0v) is 12.1. The van der Waals surface area contributed by atoms with E-state index >= 15 is 0 Å². The van der Waals surface area contributed by atoms with E-state index in [1.165, 1.54) is 5.56 Å². The molecule has 0 spiro atoms. The maximum absolute atomic E-state index is 9.10. The van der Waals surface area contributed by atoms with Gasteiger partial charge < -0.3 is 20.8 Å². The van der Waals surface area contributed by atoms with Crippen LogP contribution in [0.3, 0.4) is 0 Å². The number of nitrogen functional groups attached to an aromatic ring is 1. The summed E-state index contributed by atoms with van der Waals surface area (Å²) < 4.78 is 0. The van der Waals surface area contributed by atoms with Crippen molar-refractivity contribution in [1.82, 2.24) is 4.98 Å². The predicted octanol–water partition coefficient (Wildman–Crippen LogP) is 1.35. The number of hydrogen-bond acceptors (Lipinski definition) is 5. The van der Waals surface area contributed by atoms with E-state index in [1.807, 2.05) is 24.3 Å². The van der Waals surface area contributed by atoms with Crippen molar-refractivity contribution in [2.45, 2.75) is 12.8 Å². The van der Waals surface area contributed by atoms with Gasteiger partial charge in [-0.15, -0.1) is 0 Å². The normalized spacial score (nSPS) is 13.0. The Morgan fingerprint density at radius 3 is 2.50 bits per heavy atom. The Kier molecular flexibility index (Phi) is 4.45. The van der Waals surface area contributed by atoms with Crippen LogP contribution >= 0.6 is 0 Å². The SMILES string of the molecule is CN1CCCc2c1nc1ccccc1c2N.O=C(O)C(=O)O. The van der Waals surface area contributed by atoms with Gasteiger partial charge in [0, 0.05) is 30.2 Å². The summed E-state index contributed by atoms with van der Waals surface area (Å²) >= 11 is 0. The van der Waals surface area contributed by atoms with Crippen molar-refractivity contribution in [3.8, 4) is 0 Å². The second-order valence-electron chi connectivity index (χ2n) is 4.98. The number of fused-ring (bicyclic) bond motifs is 2. The molecule has 0 fully saturated rings. The smallest absolute Gasteiger partial charge is 0.414 e. The number of hydrogen-bond donors (Lipinski definition) is 3. The highest BCUT2D eigenvalue weighted by molar-refractivity contribution is 6.27. The van der Waals surface area contributed by atoms with E-state index in [0.29, 0.717) is 0 Å². The number of carboxylic acid groups (broad SMARTS) is 2. The first-order chi connectivity index (χ1) is 10.4. The lowest BCUT2D eigenvalue weighted by Gasteiger charge is -2.27. The number of nitrogens with zero attached hydrogens (tertiary/aromatic N) is 2. The van der Waals surface area contributed by atoms with Gasteiger partial charge in [-0.2, -0.15) is 0 Å². The lowest BCUT2D eigenvalue weighted by molar-refractivity contribution is -0.159. The number of benzene rings is 1. The molecule has 22 heavy (non-hydrogen) atoms. The average Bonchev–Trinajstić information content (AvgIpc) is 2.49. The minimum absolute atomic E-state index is 0.909. The summed E-state index contributed by atoms with van der Waals surface area (Å²) in [6, 6.07) is 8.09. The van der Waals surface area contributed by atoms with Crippen LogP contribution in [0, 0.1) is 0 Å². The first-order valence-electron chi connectivity index (χ1n) is 6.76. The minimum Gasteiger partial charge on any atom is -0.473 e. The standard InChI is InChI=1S/C13H15N3.C2H2O4/c1-16-8-4-6-10-12(14)9-5-2-3-7-11(9)15-13(10)16;3-1(4)2(5)6/h2-3,5,7H,4,6,8H2,1H3,(H2,14,15);(H,3,4)(H,5,6). The Labute approximate surface area is 127 Å². The average molecular weight is 303 g/mol. The minimum atomic E-state index is -1.82. The quantitative estimate of drug-likeness (QED) is 0.629. The summed E-state index contributed by atoms with van der Waals surface area (Å²) in [6.45, 7) is 1.07. The van der Waals surface area contributed by atoms with Gasteiger partial charge in [-0.05, 0) is 18.9 Å². The van der Waals surface area contributed by atoms with E-state index in [0.717, 1.165) is 41.8 Å². The van der Waals surface area contributed by atoms with Crippen molar-refractivity contribution in [3.63, 3.8) is 0 Å². The number of pyridine rings is 1. The second-order valence-corrected chi connectivity index (χ2v) is 4.98. The van der Waals surface area contributed by atoms with E-state index in [4.69, 9.17) is 30.5 Å². The Hall–Kier alpha value is -2.83. The fourth-order valence-electron chi connectivity index (χ4n) is 2.42. The van der Waals surface area contributed by atoms with Crippen LogP contribution in [0.15, 0.2) is 24.3 Å². The van der Waals surface area contributed by atoms with Crippen molar-refractivity contribution < 1.29 is 19.8 Å². The molecule has 1 aliphatic rings. The van der Waals surface area contributed by atoms with Crippen molar-refractivity contribution in [2.24, 2.45) is 0 Å². The molecule has 116 valence electrons. The van der Waals surface area contributed by atoms with Gasteiger partial charge >= 0.3 is 11.9 Å². The third-order valence-corrected chi connectivity index (χ3v) is 3.48. The molecule has 7 nitrogen and oxygen atoms in total. The Bertz CT molecular complexity index is 718. The van der Waals surface area contributed by atoms with E-state index < -0.39 is 11.9 Å². The zero-order chi connectivity index (χ0) is 16.3. The second kappa shape index (κ2) is 6.30. The number of carboxylic acids is 2. The third-order valence-electron chi connectivity index (χ3n) is 3.48. The van der Waals surface area contributed by atoms with Gasteiger partial charge in [0.05, 0.1) is 5.52 Å². The molecule has 0 amide bonds. The molecule has 0 bridgehead atoms. The molecule has 0 atom stereocenters. The van der Waals surface area contributed by atoms with Crippen LogP contribution in [-0.4, -0.2) is 40.7 Å². The summed E-state index contributed by atoms with van der Waals surface area (Å²) in [6.07, 6.45) is 2.21. The molecule has 0 saturated heterocycles.